The van der Waals surface area contributed by atoms with Gasteiger partial charge in [-0.2, -0.15) is 10.4 Å². The van der Waals surface area contributed by atoms with E-state index in [-0.39, 0.29) is 12.2 Å². The Kier molecular flexibility index (Phi) is 2.18. The molecular formula is C10H8N4O. The van der Waals surface area contributed by atoms with Gasteiger partial charge in [0, 0.05) is 12.3 Å². The molecule has 2 aromatic rings. The van der Waals surface area contributed by atoms with E-state index in [1.165, 1.54) is 0 Å². The molecule has 0 amide bonds. The molecule has 0 atom stereocenters. The Morgan fingerprint density at radius 1 is 1.67 bits per heavy atom. The quantitative estimate of drug-likeness (QED) is 0.681. The summed E-state index contributed by atoms with van der Waals surface area (Å²) in [6, 6.07) is 3.53. The van der Waals surface area contributed by atoms with Crippen LogP contribution in [0.2, 0.25) is 0 Å². The summed E-state index contributed by atoms with van der Waals surface area (Å²) in [5.41, 5.74) is 1.69. The number of ketones is 1. The van der Waals surface area contributed by atoms with Crippen LogP contribution in [0.15, 0.2) is 18.5 Å². The number of aromatic nitrogens is 3. The summed E-state index contributed by atoms with van der Waals surface area (Å²) in [5, 5.41) is 12.4. The van der Waals surface area contributed by atoms with E-state index in [1.807, 2.05) is 6.07 Å². The van der Waals surface area contributed by atoms with E-state index in [1.54, 1.807) is 29.9 Å². The molecule has 0 aliphatic rings. The van der Waals surface area contributed by atoms with E-state index in [4.69, 9.17) is 5.26 Å². The van der Waals surface area contributed by atoms with Crippen LogP contribution < -0.4 is 0 Å². The highest BCUT2D eigenvalue weighted by atomic mass is 16.1. The number of nitrogens with zero attached hydrogens (tertiary/aromatic N) is 4. The second kappa shape index (κ2) is 3.50. The average molecular weight is 200 g/mol. The van der Waals surface area contributed by atoms with E-state index in [0.29, 0.717) is 11.3 Å². The fourth-order valence-electron chi connectivity index (χ4n) is 1.38. The summed E-state index contributed by atoms with van der Waals surface area (Å²) in [6.07, 6.45) is 3.20. The smallest absolute Gasteiger partial charge is 0.195 e. The van der Waals surface area contributed by atoms with Gasteiger partial charge in [-0.1, -0.05) is 0 Å². The zero-order chi connectivity index (χ0) is 10.8. The maximum atomic E-state index is 11.5. The zero-order valence-electron chi connectivity index (χ0n) is 8.14. The van der Waals surface area contributed by atoms with Crippen LogP contribution in [0.4, 0.5) is 0 Å². The second-order valence-corrected chi connectivity index (χ2v) is 3.16. The molecule has 5 nitrogen and oxygen atoms in total. The molecule has 2 rings (SSSR count). The van der Waals surface area contributed by atoms with Gasteiger partial charge in [-0.25, -0.2) is 9.50 Å². The van der Waals surface area contributed by atoms with Crippen LogP contribution in [-0.4, -0.2) is 20.4 Å². The lowest BCUT2D eigenvalue weighted by atomic mass is 10.1. The molecule has 0 fully saturated rings. The van der Waals surface area contributed by atoms with Crippen LogP contribution in [0.25, 0.3) is 5.65 Å². The lowest BCUT2D eigenvalue weighted by Gasteiger charge is -2.02. The average Bonchev–Trinajstić information content (AvgIpc) is 2.63. The standard InChI is InChI=1S/C10H8N4O/c1-7-6-14-9(3-5-12-14)13-10(7)8(15)2-4-11/h3,5-6H,2H2,1H3. The fraction of sp³-hybridized carbons (Fsp3) is 0.200. The Bertz CT molecular complexity index is 564. The van der Waals surface area contributed by atoms with Crippen molar-refractivity contribution in [1.29, 1.82) is 5.26 Å². The van der Waals surface area contributed by atoms with Gasteiger partial charge < -0.3 is 0 Å². The lowest BCUT2D eigenvalue weighted by molar-refractivity contribution is 0.0992. The molecule has 2 heterocycles. The Morgan fingerprint density at radius 3 is 3.20 bits per heavy atom. The highest BCUT2D eigenvalue weighted by Crippen LogP contribution is 2.09. The van der Waals surface area contributed by atoms with Gasteiger partial charge in [0.2, 0.25) is 0 Å². The van der Waals surface area contributed by atoms with E-state index < -0.39 is 0 Å². The van der Waals surface area contributed by atoms with Crippen LogP contribution in [0.3, 0.4) is 0 Å². The van der Waals surface area contributed by atoms with Crippen molar-refractivity contribution in [3.8, 4) is 6.07 Å². The number of carbonyl (C=O) groups excluding carboxylic acids is 1. The molecule has 0 saturated heterocycles. The van der Waals surface area contributed by atoms with Crippen LogP contribution >= 0.6 is 0 Å². The van der Waals surface area contributed by atoms with Gasteiger partial charge in [0.25, 0.3) is 0 Å². The van der Waals surface area contributed by atoms with Crippen LogP contribution in [0.5, 0.6) is 0 Å². The summed E-state index contributed by atoms with van der Waals surface area (Å²) in [4.78, 5) is 15.7. The van der Waals surface area contributed by atoms with Crippen molar-refractivity contribution in [2.45, 2.75) is 13.3 Å². The fourth-order valence-corrected chi connectivity index (χ4v) is 1.38. The third-order valence-electron chi connectivity index (χ3n) is 2.07. The molecule has 15 heavy (non-hydrogen) atoms. The molecule has 0 aromatic carbocycles. The van der Waals surface area contributed by atoms with Gasteiger partial charge in [0.15, 0.2) is 11.4 Å². The molecule has 0 aliphatic heterocycles. The number of aryl methyl sites for hydroxylation is 1. The van der Waals surface area contributed by atoms with Crippen molar-refractivity contribution in [2.75, 3.05) is 0 Å². The first-order valence-electron chi connectivity index (χ1n) is 4.43. The topological polar surface area (TPSA) is 71.1 Å². The molecule has 0 radical (unpaired) electrons. The van der Waals surface area contributed by atoms with Crippen LogP contribution in [-0.2, 0) is 0 Å². The minimum absolute atomic E-state index is 0.141. The van der Waals surface area contributed by atoms with E-state index in [9.17, 15) is 4.79 Å². The number of rotatable bonds is 2. The van der Waals surface area contributed by atoms with Gasteiger partial charge in [-0.3, -0.25) is 4.79 Å². The van der Waals surface area contributed by atoms with Gasteiger partial charge in [0.05, 0.1) is 12.3 Å². The highest BCUT2D eigenvalue weighted by Gasteiger charge is 2.11. The molecule has 0 aliphatic carbocycles. The number of hydrogen-bond donors (Lipinski definition) is 0. The van der Waals surface area contributed by atoms with Crippen LogP contribution in [0, 0.1) is 18.3 Å². The number of nitriles is 1. The molecule has 0 unspecified atom stereocenters. The second-order valence-electron chi connectivity index (χ2n) is 3.16. The van der Waals surface area contributed by atoms with Crippen molar-refractivity contribution in [3.63, 3.8) is 0 Å². The number of Topliss-reactive ketones (excluding diaryl/α,β-unsaturated/α-hetero) is 1. The maximum absolute atomic E-state index is 11.5. The number of carbonyl (C=O) groups is 1. The number of hydrogen-bond acceptors (Lipinski definition) is 4. The molecule has 2 aromatic heterocycles. The predicted octanol–water partition coefficient (Wildman–Crippen LogP) is 1.13. The maximum Gasteiger partial charge on any atom is 0.195 e. The third kappa shape index (κ3) is 1.57. The minimum atomic E-state index is -0.251. The molecule has 5 heteroatoms. The SMILES string of the molecule is Cc1cn2nccc2nc1C(=O)CC#N. The first kappa shape index (κ1) is 9.34. The van der Waals surface area contributed by atoms with E-state index >= 15 is 0 Å². The van der Waals surface area contributed by atoms with Gasteiger partial charge in [0.1, 0.15) is 12.1 Å². The van der Waals surface area contributed by atoms with Crippen LogP contribution in [0.1, 0.15) is 22.5 Å². The molecule has 0 saturated carbocycles. The third-order valence-corrected chi connectivity index (χ3v) is 2.07. The molecular weight excluding hydrogens is 192 g/mol. The number of fused-ring (bicyclic) bond motifs is 1. The molecule has 74 valence electrons. The Morgan fingerprint density at radius 2 is 2.47 bits per heavy atom. The van der Waals surface area contributed by atoms with E-state index in [0.717, 1.165) is 5.56 Å². The lowest BCUT2D eigenvalue weighted by Crippen LogP contribution is -2.06. The normalized spacial score (nSPS) is 10.1. The first-order chi connectivity index (χ1) is 7.22. The molecule has 0 spiro atoms. The van der Waals surface area contributed by atoms with Gasteiger partial charge >= 0.3 is 0 Å². The summed E-state index contributed by atoms with van der Waals surface area (Å²) in [7, 11) is 0. The Hall–Kier alpha value is -2.22. The summed E-state index contributed by atoms with van der Waals surface area (Å²) in [6.45, 7) is 1.78. The van der Waals surface area contributed by atoms with E-state index in [2.05, 4.69) is 10.1 Å². The van der Waals surface area contributed by atoms with Crippen molar-refractivity contribution in [2.24, 2.45) is 0 Å². The first-order valence-corrected chi connectivity index (χ1v) is 4.43. The highest BCUT2D eigenvalue weighted by molar-refractivity contribution is 5.97. The monoisotopic (exact) mass is 200 g/mol. The largest absolute Gasteiger partial charge is 0.291 e. The van der Waals surface area contributed by atoms with Crippen molar-refractivity contribution in [1.82, 2.24) is 14.6 Å². The van der Waals surface area contributed by atoms with Crippen molar-refractivity contribution < 1.29 is 4.79 Å². The van der Waals surface area contributed by atoms with Crippen molar-refractivity contribution >= 4 is 11.4 Å². The molecule has 0 N–H and O–H groups in total. The predicted molar refractivity (Wildman–Crippen MR) is 52.3 cm³/mol. The van der Waals surface area contributed by atoms with Gasteiger partial charge in [-0.05, 0) is 12.5 Å². The Balaban J connectivity index is 2.56. The summed E-state index contributed by atoms with van der Waals surface area (Å²) < 4.78 is 1.60. The molecule has 0 bridgehead atoms. The Labute approximate surface area is 86.0 Å². The minimum Gasteiger partial charge on any atom is -0.291 e. The summed E-state index contributed by atoms with van der Waals surface area (Å²) in [5.74, 6) is -0.251. The van der Waals surface area contributed by atoms with Crippen molar-refractivity contribution in [3.05, 3.63) is 29.7 Å². The summed E-state index contributed by atoms with van der Waals surface area (Å²) >= 11 is 0. The zero-order valence-corrected chi connectivity index (χ0v) is 8.14. The van der Waals surface area contributed by atoms with Gasteiger partial charge in [-0.15, -0.1) is 0 Å².